The molecule has 2 atom stereocenters. The van der Waals surface area contributed by atoms with Crippen LogP contribution in [0.5, 0.6) is 0 Å². The first-order valence-electron chi connectivity index (χ1n) is 9.34. The number of rotatable bonds is 6. The fraction of sp³-hybridized carbons (Fsp3) is 0.182. The number of carboxylic acids is 2. The smallest absolute Gasteiger partial charge is 0.665 e. The molecular weight excluding hydrogens is 448 g/mol. The van der Waals surface area contributed by atoms with Gasteiger partial charge in [0.05, 0.1) is 0 Å². The van der Waals surface area contributed by atoms with E-state index in [0.29, 0.717) is 0 Å². The minimum absolute atomic E-state index is 0. The summed E-state index contributed by atoms with van der Waals surface area (Å²) in [5.74, 6) is -2.17. The summed E-state index contributed by atoms with van der Waals surface area (Å²) in [6.07, 6.45) is 4.02. The summed E-state index contributed by atoms with van der Waals surface area (Å²) >= 11 is 0. The minimum Gasteiger partial charge on any atom is -0.665 e. The number of carbonyl (C=O) groups is 2. The van der Waals surface area contributed by atoms with Crippen LogP contribution >= 0.6 is 0 Å². The molecule has 2 unspecified atom stereocenters. The third-order valence-electron chi connectivity index (χ3n) is 4.79. The molecule has 2 aromatic heterocycles. The van der Waals surface area contributed by atoms with Crippen LogP contribution in [0.1, 0.15) is 11.1 Å². The second kappa shape index (κ2) is 10.8. The van der Waals surface area contributed by atoms with Crippen molar-refractivity contribution >= 4 is 33.7 Å². The van der Waals surface area contributed by atoms with Crippen molar-refractivity contribution in [3.63, 3.8) is 0 Å². The number of aromatic amines is 2. The molecule has 6 N–H and O–H groups in total. The number of carboxylic acid groups (broad SMARTS) is 2. The number of benzene rings is 2. The van der Waals surface area contributed by atoms with Crippen LogP contribution in [0.25, 0.3) is 33.3 Å². The van der Waals surface area contributed by atoms with Crippen LogP contribution in [0.3, 0.4) is 0 Å². The Balaban J connectivity index is 0.000000213. The molecule has 0 fully saturated rings. The molecule has 9 heteroatoms. The molecule has 165 valence electrons. The van der Waals surface area contributed by atoms with Crippen LogP contribution in [0.4, 0.5) is 0 Å². The summed E-state index contributed by atoms with van der Waals surface area (Å²) in [7, 11) is 0. The average molecular weight is 470 g/mol. The van der Waals surface area contributed by atoms with E-state index in [2.05, 4.69) is 9.97 Å². The molecule has 1 radical (unpaired) electrons. The number of aliphatic carboxylic acids is 2. The van der Waals surface area contributed by atoms with Gasteiger partial charge >= 0.3 is 17.1 Å². The monoisotopic (exact) mass is 469 g/mol. The molecule has 0 aliphatic carbocycles. The average Bonchev–Trinajstić information content (AvgIpc) is 3.33. The molecule has 0 aliphatic rings. The Labute approximate surface area is 189 Å². The summed E-state index contributed by atoms with van der Waals surface area (Å²) in [5.41, 5.74) is 18.4. The van der Waals surface area contributed by atoms with Crippen LogP contribution in [0.2, 0.25) is 0 Å². The molecule has 0 amide bonds. The van der Waals surface area contributed by atoms with Crippen molar-refractivity contribution in [3.8, 4) is 0 Å². The molecule has 2 heterocycles. The fourth-order valence-electron chi connectivity index (χ4n) is 3.22. The predicted molar refractivity (Wildman–Crippen MR) is 115 cm³/mol. The Bertz CT molecular complexity index is 1080. The molecule has 0 aliphatic heterocycles. The molecule has 4 aromatic rings. The number of aromatic nitrogens is 2. The van der Waals surface area contributed by atoms with E-state index in [0.717, 1.165) is 32.9 Å². The van der Waals surface area contributed by atoms with Gasteiger partial charge in [0.1, 0.15) is 0 Å². The summed E-state index contributed by atoms with van der Waals surface area (Å²) in [4.78, 5) is 27.2. The predicted octanol–water partition coefficient (Wildman–Crippen LogP) is 4.43. The maximum atomic E-state index is 10.6. The fourth-order valence-corrected chi connectivity index (χ4v) is 3.22. The van der Waals surface area contributed by atoms with E-state index in [9.17, 15) is 9.59 Å². The second-order valence-electron chi connectivity index (χ2n) is 6.91. The van der Waals surface area contributed by atoms with Gasteiger partial charge < -0.3 is 31.6 Å². The third kappa shape index (κ3) is 5.96. The zero-order valence-corrected chi connectivity index (χ0v) is 17.3. The molecule has 4 rings (SSSR count). The van der Waals surface area contributed by atoms with Crippen molar-refractivity contribution in [2.45, 2.75) is 24.9 Å². The largest absolute Gasteiger partial charge is 2.00 e. The Hall–Kier alpha value is -3.10. The Morgan fingerprint density at radius 1 is 0.742 bits per heavy atom. The molecular formula is C22H22CuN4O4. The standard InChI is InChI=1S/2C11H11N2O2.Cu/c2*12-9(11(14)15)5-7-6-13-10-4-2-1-3-8(7)10;/h2*1-4,6,9,12-13H,5H2,(H,14,15);/q2*-1;+2. The summed E-state index contributed by atoms with van der Waals surface area (Å²) in [6, 6.07) is 13.2. The van der Waals surface area contributed by atoms with Gasteiger partial charge in [-0.05, 0) is 48.2 Å². The van der Waals surface area contributed by atoms with E-state index >= 15 is 0 Å². The van der Waals surface area contributed by atoms with Crippen molar-refractivity contribution in [2.75, 3.05) is 0 Å². The topological polar surface area (TPSA) is 154 Å². The first-order chi connectivity index (χ1) is 14.4. The van der Waals surface area contributed by atoms with Gasteiger partial charge in [-0.3, -0.25) is 9.59 Å². The maximum absolute atomic E-state index is 10.6. The number of H-pyrrole nitrogens is 2. The number of nitrogens with one attached hydrogen (secondary N) is 4. The van der Waals surface area contributed by atoms with E-state index in [-0.39, 0.29) is 29.9 Å². The first-order valence-corrected chi connectivity index (χ1v) is 9.34. The zero-order chi connectivity index (χ0) is 21.7. The van der Waals surface area contributed by atoms with Crippen molar-refractivity contribution in [1.82, 2.24) is 9.97 Å². The minimum atomic E-state index is -1.09. The Morgan fingerprint density at radius 3 is 1.45 bits per heavy atom. The van der Waals surface area contributed by atoms with E-state index in [1.165, 1.54) is 0 Å². The van der Waals surface area contributed by atoms with Gasteiger partial charge in [-0.2, -0.15) is 0 Å². The summed E-state index contributed by atoms with van der Waals surface area (Å²) < 4.78 is 0. The van der Waals surface area contributed by atoms with Crippen molar-refractivity contribution < 1.29 is 36.9 Å². The van der Waals surface area contributed by atoms with Crippen molar-refractivity contribution in [3.05, 3.63) is 83.5 Å². The first kappa shape index (κ1) is 24.2. The third-order valence-corrected chi connectivity index (χ3v) is 4.79. The van der Waals surface area contributed by atoms with Gasteiger partial charge in [-0.1, -0.05) is 36.4 Å². The van der Waals surface area contributed by atoms with Crippen molar-refractivity contribution in [1.29, 1.82) is 0 Å². The zero-order valence-electron chi connectivity index (χ0n) is 16.4. The van der Waals surface area contributed by atoms with Gasteiger partial charge in [-0.15, -0.1) is 0 Å². The van der Waals surface area contributed by atoms with Gasteiger partial charge in [0.15, 0.2) is 0 Å². The normalized spacial score (nSPS) is 12.5. The van der Waals surface area contributed by atoms with Gasteiger partial charge in [0.25, 0.3) is 11.9 Å². The molecule has 0 saturated carbocycles. The SMILES string of the molecule is [Cu+2].[NH-]C(Cc1c[nH]c2ccccc12)C(=O)O.[NH-]C(Cc1c[nH]c2ccccc12)C(=O)O. The van der Waals surface area contributed by atoms with E-state index in [4.69, 9.17) is 21.7 Å². The number of para-hydroxylation sites is 2. The van der Waals surface area contributed by atoms with Crippen molar-refractivity contribution in [2.24, 2.45) is 0 Å². The van der Waals surface area contributed by atoms with Crippen LogP contribution in [-0.4, -0.2) is 44.2 Å². The molecule has 2 aromatic carbocycles. The molecule has 8 nitrogen and oxygen atoms in total. The van der Waals surface area contributed by atoms with Crippen LogP contribution in [0.15, 0.2) is 60.9 Å². The Kier molecular flexibility index (Phi) is 8.41. The molecule has 0 saturated heterocycles. The summed E-state index contributed by atoms with van der Waals surface area (Å²) in [5, 5.41) is 19.3. The van der Waals surface area contributed by atoms with E-state index in [1.54, 1.807) is 12.4 Å². The van der Waals surface area contributed by atoms with Crippen LogP contribution < -0.4 is 0 Å². The van der Waals surface area contributed by atoms with E-state index in [1.807, 2.05) is 48.5 Å². The van der Waals surface area contributed by atoms with Gasteiger partial charge in [-0.25, -0.2) is 0 Å². The second-order valence-corrected chi connectivity index (χ2v) is 6.91. The van der Waals surface area contributed by atoms with Crippen LogP contribution in [-0.2, 0) is 39.5 Å². The van der Waals surface area contributed by atoms with Gasteiger partial charge in [0.2, 0.25) is 0 Å². The Morgan fingerprint density at radius 2 is 1.10 bits per heavy atom. The van der Waals surface area contributed by atoms with Gasteiger partial charge in [0, 0.05) is 34.2 Å². The maximum Gasteiger partial charge on any atom is 2.00 e. The number of hydrogen-bond acceptors (Lipinski definition) is 2. The molecule has 31 heavy (non-hydrogen) atoms. The quantitative estimate of drug-likeness (QED) is 0.308. The van der Waals surface area contributed by atoms with Crippen LogP contribution in [0, 0.1) is 0 Å². The summed E-state index contributed by atoms with van der Waals surface area (Å²) in [6.45, 7) is 0. The molecule has 0 spiro atoms. The number of fused-ring (bicyclic) bond motifs is 2. The van der Waals surface area contributed by atoms with E-state index < -0.39 is 24.0 Å². The number of hydrogen-bond donors (Lipinski definition) is 4. The molecule has 0 bridgehead atoms.